The molecule has 14 heavy (non-hydrogen) atoms. The molecule has 1 unspecified atom stereocenters. The Morgan fingerprint density at radius 2 is 2.00 bits per heavy atom. The number of aliphatic hydroxyl groups is 1. The minimum Gasteiger partial charge on any atom is -0.382 e. The van der Waals surface area contributed by atoms with Gasteiger partial charge < -0.3 is 5.11 Å². The molecule has 1 aromatic heterocycles. The molecular weight excluding hydrogens is 188 g/mol. The smallest absolute Gasteiger partial charge is 0.274 e. The molecule has 1 heterocycles. The van der Waals surface area contributed by atoms with Crippen LogP contribution in [-0.2, 0) is 0 Å². The summed E-state index contributed by atoms with van der Waals surface area (Å²) in [6.45, 7) is 4.24. The van der Waals surface area contributed by atoms with Crippen LogP contribution >= 0.6 is 0 Å². The van der Waals surface area contributed by atoms with E-state index >= 15 is 0 Å². The molecule has 1 N–H and O–H groups in total. The molecule has 0 saturated heterocycles. The number of hydrogen-bond acceptors (Lipinski definition) is 2. The Morgan fingerprint density at radius 3 is 2.43 bits per heavy atom. The summed E-state index contributed by atoms with van der Waals surface area (Å²) in [5, 5.41) is 9.28. The summed E-state index contributed by atoms with van der Waals surface area (Å²) in [6, 6.07) is 1.53. The zero-order valence-electron chi connectivity index (χ0n) is 8.38. The molecular formula is C10H13F2NO. The van der Waals surface area contributed by atoms with Gasteiger partial charge in [-0.3, -0.25) is 4.98 Å². The van der Waals surface area contributed by atoms with Crippen LogP contribution in [0.3, 0.4) is 0 Å². The molecule has 1 aromatic rings. The fraction of sp³-hybridized carbons (Fsp3) is 0.500. The van der Waals surface area contributed by atoms with E-state index in [2.05, 4.69) is 4.98 Å². The average Bonchev–Trinajstić information content (AvgIpc) is 2.07. The van der Waals surface area contributed by atoms with Gasteiger partial charge in [0.05, 0.1) is 0 Å². The molecule has 0 aliphatic carbocycles. The topological polar surface area (TPSA) is 33.1 Å². The molecule has 4 heteroatoms. The normalized spacial score (nSPS) is 14.1. The Kier molecular flexibility index (Phi) is 2.85. The van der Waals surface area contributed by atoms with E-state index in [0.717, 1.165) is 11.3 Å². The molecule has 0 saturated carbocycles. The van der Waals surface area contributed by atoms with E-state index in [0.29, 0.717) is 6.92 Å². The maximum atomic E-state index is 12.8. The summed E-state index contributed by atoms with van der Waals surface area (Å²) in [5.74, 6) is -3.14. The molecule has 2 nitrogen and oxygen atoms in total. The van der Waals surface area contributed by atoms with Gasteiger partial charge in [0, 0.05) is 24.4 Å². The zero-order chi connectivity index (χ0) is 10.9. The second-order valence-electron chi connectivity index (χ2n) is 3.53. The van der Waals surface area contributed by atoms with Crippen LogP contribution in [0.2, 0.25) is 0 Å². The SMILES string of the molecule is Cc1cc(C(O)C(C)(F)F)cnc1C. The van der Waals surface area contributed by atoms with Gasteiger partial charge >= 0.3 is 0 Å². The molecule has 0 aliphatic rings. The van der Waals surface area contributed by atoms with Crippen molar-refractivity contribution in [1.29, 1.82) is 0 Å². The van der Waals surface area contributed by atoms with Crippen LogP contribution in [-0.4, -0.2) is 16.0 Å². The highest BCUT2D eigenvalue weighted by Gasteiger charge is 2.33. The van der Waals surface area contributed by atoms with Gasteiger partial charge in [0.2, 0.25) is 0 Å². The van der Waals surface area contributed by atoms with Gasteiger partial charge in [0.25, 0.3) is 5.92 Å². The number of aromatic nitrogens is 1. The van der Waals surface area contributed by atoms with Crippen LogP contribution in [0.15, 0.2) is 12.3 Å². The number of aliphatic hydroxyl groups excluding tert-OH is 1. The van der Waals surface area contributed by atoms with Crippen molar-refractivity contribution >= 4 is 0 Å². The third kappa shape index (κ3) is 2.26. The molecule has 1 rings (SSSR count). The van der Waals surface area contributed by atoms with Crippen molar-refractivity contribution in [3.05, 3.63) is 29.1 Å². The highest BCUT2D eigenvalue weighted by molar-refractivity contribution is 5.25. The first-order valence-corrected chi connectivity index (χ1v) is 4.31. The molecule has 78 valence electrons. The maximum absolute atomic E-state index is 12.8. The number of alkyl halides is 2. The third-order valence-electron chi connectivity index (χ3n) is 2.16. The van der Waals surface area contributed by atoms with Gasteiger partial charge in [-0.1, -0.05) is 0 Å². The minimum atomic E-state index is -3.14. The van der Waals surface area contributed by atoms with E-state index in [1.807, 2.05) is 0 Å². The number of pyridine rings is 1. The van der Waals surface area contributed by atoms with E-state index in [1.54, 1.807) is 13.8 Å². The number of hydrogen-bond donors (Lipinski definition) is 1. The minimum absolute atomic E-state index is 0.153. The molecule has 0 radical (unpaired) electrons. The van der Waals surface area contributed by atoms with E-state index in [9.17, 15) is 13.9 Å². The van der Waals surface area contributed by atoms with Crippen molar-refractivity contribution in [3.8, 4) is 0 Å². The second-order valence-corrected chi connectivity index (χ2v) is 3.53. The first kappa shape index (κ1) is 11.0. The summed E-state index contributed by atoms with van der Waals surface area (Å²) < 4.78 is 25.5. The number of aryl methyl sites for hydroxylation is 2. The van der Waals surface area contributed by atoms with Crippen molar-refractivity contribution in [2.24, 2.45) is 0 Å². The van der Waals surface area contributed by atoms with Crippen molar-refractivity contribution in [2.75, 3.05) is 0 Å². The van der Waals surface area contributed by atoms with E-state index in [1.165, 1.54) is 12.3 Å². The van der Waals surface area contributed by atoms with Gasteiger partial charge in [-0.25, -0.2) is 8.78 Å². The third-order valence-corrected chi connectivity index (χ3v) is 2.16. The Balaban J connectivity index is 3.03. The lowest BCUT2D eigenvalue weighted by molar-refractivity contribution is -0.0955. The maximum Gasteiger partial charge on any atom is 0.274 e. The molecule has 0 bridgehead atoms. The van der Waals surface area contributed by atoms with Gasteiger partial charge in [-0.2, -0.15) is 0 Å². The van der Waals surface area contributed by atoms with Crippen molar-refractivity contribution < 1.29 is 13.9 Å². The Bertz CT molecular complexity index is 333. The second kappa shape index (κ2) is 3.61. The summed E-state index contributed by atoms with van der Waals surface area (Å²) >= 11 is 0. The van der Waals surface area contributed by atoms with Crippen LogP contribution in [0.5, 0.6) is 0 Å². The average molecular weight is 201 g/mol. The van der Waals surface area contributed by atoms with Crippen molar-refractivity contribution in [3.63, 3.8) is 0 Å². The Labute approximate surface area is 81.6 Å². The van der Waals surface area contributed by atoms with Gasteiger partial charge in [-0.15, -0.1) is 0 Å². The van der Waals surface area contributed by atoms with Crippen molar-refractivity contribution in [2.45, 2.75) is 32.8 Å². The standard InChI is InChI=1S/C10H13F2NO/c1-6-4-8(5-13-7(6)2)9(14)10(3,11)12/h4-5,9,14H,1-3H3. The van der Waals surface area contributed by atoms with Gasteiger partial charge in [0.1, 0.15) is 6.10 Å². The van der Waals surface area contributed by atoms with Crippen LogP contribution in [0, 0.1) is 13.8 Å². The Hall–Kier alpha value is -1.03. The van der Waals surface area contributed by atoms with Crippen molar-refractivity contribution in [1.82, 2.24) is 4.98 Å². The molecule has 0 fully saturated rings. The predicted octanol–water partition coefficient (Wildman–Crippen LogP) is 2.39. The molecule has 0 aromatic carbocycles. The zero-order valence-corrected chi connectivity index (χ0v) is 8.38. The largest absolute Gasteiger partial charge is 0.382 e. The first-order valence-electron chi connectivity index (χ1n) is 4.31. The number of rotatable bonds is 2. The summed E-state index contributed by atoms with van der Waals surface area (Å²) in [4.78, 5) is 3.92. The predicted molar refractivity (Wildman–Crippen MR) is 49.3 cm³/mol. The van der Waals surface area contributed by atoms with Crippen LogP contribution in [0.1, 0.15) is 29.8 Å². The van der Waals surface area contributed by atoms with Crippen LogP contribution in [0.25, 0.3) is 0 Å². The fourth-order valence-electron chi connectivity index (χ4n) is 1.11. The molecule has 0 aliphatic heterocycles. The van der Waals surface area contributed by atoms with Gasteiger partial charge in [-0.05, 0) is 25.5 Å². The summed E-state index contributed by atoms with van der Waals surface area (Å²) in [5.41, 5.74) is 1.73. The quantitative estimate of drug-likeness (QED) is 0.796. The lowest BCUT2D eigenvalue weighted by atomic mass is 10.0. The molecule has 0 spiro atoms. The Morgan fingerprint density at radius 1 is 1.43 bits per heavy atom. The van der Waals surface area contributed by atoms with Crippen LogP contribution < -0.4 is 0 Å². The highest BCUT2D eigenvalue weighted by atomic mass is 19.3. The van der Waals surface area contributed by atoms with E-state index < -0.39 is 12.0 Å². The monoisotopic (exact) mass is 201 g/mol. The first-order chi connectivity index (χ1) is 6.32. The van der Waals surface area contributed by atoms with E-state index in [-0.39, 0.29) is 5.56 Å². The van der Waals surface area contributed by atoms with E-state index in [4.69, 9.17) is 0 Å². The summed E-state index contributed by atoms with van der Waals surface area (Å²) in [7, 11) is 0. The lowest BCUT2D eigenvalue weighted by Gasteiger charge is -2.18. The lowest BCUT2D eigenvalue weighted by Crippen LogP contribution is -2.22. The molecule has 1 atom stereocenters. The fourth-order valence-corrected chi connectivity index (χ4v) is 1.11. The number of halogens is 2. The van der Waals surface area contributed by atoms with Crippen LogP contribution in [0.4, 0.5) is 8.78 Å². The van der Waals surface area contributed by atoms with Gasteiger partial charge in [0.15, 0.2) is 0 Å². The summed E-state index contributed by atoms with van der Waals surface area (Å²) in [6.07, 6.45) is -0.501. The highest BCUT2D eigenvalue weighted by Crippen LogP contribution is 2.30. The molecule has 0 amide bonds. The number of nitrogens with zero attached hydrogens (tertiary/aromatic N) is 1.